The van der Waals surface area contributed by atoms with E-state index < -0.39 is 17.5 Å². The van der Waals surface area contributed by atoms with Crippen LogP contribution >= 0.6 is 11.5 Å². The Hall–Kier alpha value is -3.97. The number of nitrogens with zero attached hydrogens (tertiary/aromatic N) is 1. The molecule has 1 fully saturated rings. The van der Waals surface area contributed by atoms with Gasteiger partial charge in [-0.2, -0.15) is 4.37 Å². The number of fused-ring (bicyclic) bond motifs is 1. The lowest BCUT2D eigenvalue weighted by Crippen LogP contribution is -2.19. The number of anilines is 1. The number of carboxylic acids is 1. The maximum absolute atomic E-state index is 12.9. The molecule has 39 heavy (non-hydrogen) atoms. The molecule has 6 nitrogen and oxygen atoms in total. The smallest absolute Gasteiger partial charge is 0.412 e. The zero-order valence-corrected chi connectivity index (χ0v) is 22.8. The van der Waals surface area contributed by atoms with E-state index in [1.807, 2.05) is 56.3 Å². The second kappa shape index (κ2) is 9.97. The first-order chi connectivity index (χ1) is 18.9. The number of carbonyl (C=O) groups is 2. The highest BCUT2D eigenvalue weighted by Crippen LogP contribution is 2.49. The fraction of sp³-hybridized carbons (Fsp3) is 0.281. The number of aromatic nitrogens is 1. The first-order valence-electron chi connectivity index (χ1n) is 13.4. The van der Waals surface area contributed by atoms with E-state index in [1.54, 1.807) is 0 Å². The van der Waals surface area contributed by atoms with Gasteiger partial charge in [0.05, 0.1) is 21.7 Å². The van der Waals surface area contributed by atoms with Crippen LogP contribution in [-0.2, 0) is 27.8 Å². The zero-order valence-electron chi connectivity index (χ0n) is 22.0. The third-order valence-electron chi connectivity index (χ3n) is 8.08. The lowest BCUT2D eigenvalue weighted by Gasteiger charge is -2.17. The molecule has 0 aliphatic heterocycles. The van der Waals surface area contributed by atoms with Crippen molar-refractivity contribution in [3.8, 4) is 21.6 Å². The summed E-state index contributed by atoms with van der Waals surface area (Å²) in [5.41, 5.74) is 8.57. The first kappa shape index (κ1) is 25.3. The van der Waals surface area contributed by atoms with Crippen molar-refractivity contribution in [3.05, 3.63) is 94.7 Å². The maximum atomic E-state index is 12.9. The summed E-state index contributed by atoms with van der Waals surface area (Å²) in [6, 6.07) is 22.0. The number of carbonyl (C=O) groups excluding carboxylic acids is 1. The average Bonchev–Trinajstić information content (AvgIpc) is 3.49. The third kappa shape index (κ3) is 4.61. The van der Waals surface area contributed by atoms with Gasteiger partial charge in [-0.15, -0.1) is 0 Å². The molecule has 0 unspecified atom stereocenters. The van der Waals surface area contributed by atoms with Gasteiger partial charge in [-0.05, 0) is 96.4 Å². The van der Waals surface area contributed by atoms with Crippen molar-refractivity contribution in [1.29, 1.82) is 0 Å². The van der Waals surface area contributed by atoms with Crippen molar-refractivity contribution in [2.45, 2.75) is 57.5 Å². The van der Waals surface area contributed by atoms with E-state index >= 15 is 0 Å². The van der Waals surface area contributed by atoms with Crippen molar-refractivity contribution in [3.63, 3.8) is 0 Å². The lowest BCUT2D eigenvalue weighted by atomic mass is 9.90. The molecule has 4 aromatic rings. The Balaban J connectivity index is 1.27. The monoisotopic (exact) mass is 538 g/mol. The summed E-state index contributed by atoms with van der Waals surface area (Å²) in [6.07, 6.45) is 3.54. The van der Waals surface area contributed by atoms with Crippen molar-refractivity contribution < 1.29 is 19.4 Å². The van der Waals surface area contributed by atoms with E-state index in [-0.39, 0.29) is 6.10 Å². The van der Waals surface area contributed by atoms with E-state index in [4.69, 9.17) is 4.74 Å². The normalized spacial score (nSPS) is 15.8. The molecule has 0 bridgehead atoms. The molecule has 1 aromatic heterocycles. The molecule has 3 aromatic carbocycles. The van der Waals surface area contributed by atoms with Gasteiger partial charge in [0.15, 0.2) is 0 Å². The Morgan fingerprint density at radius 2 is 1.64 bits per heavy atom. The van der Waals surface area contributed by atoms with E-state index in [1.165, 1.54) is 28.2 Å². The van der Waals surface area contributed by atoms with Crippen LogP contribution in [0.4, 0.5) is 10.5 Å². The minimum absolute atomic E-state index is 0.373. The van der Waals surface area contributed by atoms with Gasteiger partial charge in [0, 0.05) is 0 Å². The molecule has 1 amide bonds. The summed E-state index contributed by atoms with van der Waals surface area (Å²) in [5, 5.41) is 12.6. The number of amides is 1. The number of carboxylic acid groups (broad SMARTS) is 1. The zero-order chi connectivity index (χ0) is 27.1. The molecule has 7 heteroatoms. The molecule has 1 atom stereocenters. The molecule has 2 N–H and O–H groups in total. The van der Waals surface area contributed by atoms with E-state index in [9.17, 15) is 14.7 Å². The number of nitrogens with one attached hydrogen (secondary N) is 1. The van der Waals surface area contributed by atoms with Crippen LogP contribution in [0.15, 0.2) is 66.7 Å². The van der Waals surface area contributed by atoms with Gasteiger partial charge >= 0.3 is 12.1 Å². The quantitative estimate of drug-likeness (QED) is 0.252. The van der Waals surface area contributed by atoms with Gasteiger partial charge in [-0.3, -0.25) is 10.1 Å². The van der Waals surface area contributed by atoms with E-state index in [0.29, 0.717) is 18.5 Å². The first-order valence-corrected chi connectivity index (χ1v) is 14.1. The van der Waals surface area contributed by atoms with E-state index in [2.05, 4.69) is 34.0 Å². The van der Waals surface area contributed by atoms with Crippen molar-refractivity contribution in [1.82, 2.24) is 4.37 Å². The number of hydrogen-bond donors (Lipinski definition) is 2. The largest absolute Gasteiger partial charge is 0.481 e. The number of ether oxygens (including phenoxy) is 1. The van der Waals surface area contributed by atoms with E-state index in [0.717, 1.165) is 52.1 Å². The average molecular weight is 539 g/mol. The summed E-state index contributed by atoms with van der Waals surface area (Å²) >= 11 is 1.39. The Bertz CT molecular complexity index is 1560. The highest BCUT2D eigenvalue weighted by molar-refractivity contribution is 7.10. The highest BCUT2D eigenvalue weighted by atomic mass is 32.1. The molecule has 1 saturated carbocycles. The Morgan fingerprint density at radius 1 is 0.974 bits per heavy atom. The summed E-state index contributed by atoms with van der Waals surface area (Å²) in [7, 11) is 0. The maximum Gasteiger partial charge on any atom is 0.412 e. The van der Waals surface area contributed by atoms with Crippen molar-refractivity contribution in [2.75, 3.05) is 5.32 Å². The number of benzene rings is 3. The molecule has 0 spiro atoms. The summed E-state index contributed by atoms with van der Waals surface area (Å²) in [5.74, 6) is -0.733. The Kier molecular flexibility index (Phi) is 6.47. The van der Waals surface area contributed by atoms with Crippen LogP contribution in [-0.4, -0.2) is 21.5 Å². The fourth-order valence-corrected chi connectivity index (χ4v) is 6.59. The predicted molar refractivity (Wildman–Crippen MR) is 153 cm³/mol. The number of rotatable bonds is 7. The minimum Gasteiger partial charge on any atom is -0.481 e. The third-order valence-corrected chi connectivity index (χ3v) is 9.05. The number of hydrogen-bond acceptors (Lipinski definition) is 5. The molecule has 2 aliphatic carbocycles. The van der Waals surface area contributed by atoms with Crippen LogP contribution in [0.25, 0.3) is 21.6 Å². The molecular formula is C32H30N2O4S. The number of aliphatic carboxylic acids is 1. The van der Waals surface area contributed by atoms with Gasteiger partial charge in [0.25, 0.3) is 0 Å². The highest BCUT2D eigenvalue weighted by Gasteiger charge is 2.51. The summed E-state index contributed by atoms with van der Waals surface area (Å²) in [6.45, 7) is 3.76. The van der Waals surface area contributed by atoms with Crippen LogP contribution in [0.1, 0.15) is 60.2 Å². The summed E-state index contributed by atoms with van der Waals surface area (Å²) < 4.78 is 10.2. The van der Waals surface area contributed by atoms with Gasteiger partial charge < -0.3 is 9.84 Å². The van der Waals surface area contributed by atoms with Gasteiger partial charge in [0.1, 0.15) is 6.10 Å². The van der Waals surface area contributed by atoms with Crippen LogP contribution < -0.4 is 5.32 Å². The SMILES string of the molecule is Cc1nsc(-c2ccc(-c3ccc(C4(C(=O)O)CC4)cc3)c3c2CCC3)c1NC(=O)O[C@H](C)c1ccccc1. The van der Waals surface area contributed by atoms with Crippen LogP contribution in [0.3, 0.4) is 0 Å². The fourth-order valence-electron chi connectivity index (χ4n) is 5.69. The van der Waals surface area contributed by atoms with Gasteiger partial charge in [-0.25, -0.2) is 4.79 Å². The topological polar surface area (TPSA) is 88.5 Å². The second-order valence-electron chi connectivity index (χ2n) is 10.5. The number of aryl methyl sites for hydroxylation is 1. The molecule has 1 heterocycles. The second-order valence-corrected chi connectivity index (χ2v) is 11.3. The van der Waals surface area contributed by atoms with Crippen LogP contribution in [0.5, 0.6) is 0 Å². The molecular weight excluding hydrogens is 508 g/mol. The van der Waals surface area contributed by atoms with Crippen LogP contribution in [0, 0.1) is 6.92 Å². The Morgan fingerprint density at radius 3 is 2.31 bits per heavy atom. The molecule has 0 saturated heterocycles. The standard InChI is InChI=1S/C32H30N2O4S/c1-19-28(33-31(37)38-20(2)21-7-4-3-5-8-21)29(39-34-19)27-16-15-24(25-9-6-10-26(25)27)22-11-13-23(14-12-22)32(17-18-32)30(35)36/h3-5,7-8,11-16,20H,6,9-10,17-18H2,1-2H3,(H,33,37)(H,35,36)/t20-/m1/s1. The van der Waals surface area contributed by atoms with Gasteiger partial charge in [-0.1, -0.05) is 66.7 Å². The predicted octanol–water partition coefficient (Wildman–Crippen LogP) is 7.70. The van der Waals surface area contributed by atoms with Crippen LogP contribution in [0.2, 0.25) is 0 Å². The summed E-state index contributed by atoms with van der Waals surface area (Å²) in [4.78, 5) is 25.5. The van der Waals surface area contributed by atoms with Crippen molar-refractivity contribution in [2.24, 2.45) is 0 Å². The molecule has 198 valence electrons. The van der Waals surface area contributed by atoms with Gasteiger partial charge in [0.2, 0.25) is 0 Å². The minimum atomic E-state index is -0.733. The molecule has 2 aliphatic rings. The molecule has 6 rings (SSSR count). The molecule has 0 radical (unpaired) electrons. The van der Waals surface area contributed by atoms with Crippen molar-refractivity contribution >= 4 is 29.3 Å². The Labute approximate surface area is 231 Å². The lowest BCUT2D eigenvalue weighted by molar-refractivity contribution is -0.140.